The highest BCUT2D eigenvalue weighted by atomic mass is 35.5. The SMILES string of the molecule is CCCCC1=C(Cl)[C@@H](CCC)O[P@]1(=O)OCC. The van der Waals surface area contributed by atoms with Crippen LogP contribution in [0.25, 0.3) is 0 Å². The van der Waals surface area contributed by atoms with Crippen LogP contribution < -0.4 is 0 Å². The second kappa shape index (κ2) is 6.94. The smallest absolute Gasteiger partial charge is 0.306 e. The summed E-state index contributed by atoms with van der Waals surface area (Å²) in [6.07, 6.45) is 4.24. The normalized spacial score (nSPS) is 29.1. The summed E-state index contributed by atoms with van der Waals surface area (Å²) in [6, 6.07) is 0. The summed E-state index contributed by atoms with van der Waals surface area (Å²) in [5.41, 5.74) is 0. The predicted octanol–water partition coefficient (Wildman–Crippen LogP) is 5.06. The molecule has 0 fully saturated rings. The van der Waals surface area contributed by atoms with E-state index in [4.69, 9.17) is 20.6 Å². The van der Waals surface area contributed by atoms with Gasteiger partial charge in [0.05, 0.1) is 17.0 Å². The van der Waals surface area contributed by atoms with Crippen molar-refractivity contribution in [3.8, 4) is 0 Å². The third-order valence-electron chi connectivity index (χ3n) is 2.77. The van der Waals surface area contributed by atoms with Crippen LogP contribution in [0, 0.1) is 0 Å². The standard InChI is InChI=1S/C12H22ClO3P/c1-4-7-9-11-12(13)10(8-5-2)16-17(11,14)15-6-3/h10H,4-9H2,1-3H3/t10-,17-/m1/s1. The first-order valence-electron chi connectivity index (χ1n) is 6.41. The highest BCUT2D eigenvalue weighted by Gasteiger charge is 2.43. The predicted molar refractivity (Wildman–Crippen MR) is 71.4 cm³/mol. The van der Waals surface area contributed by atoms with Crippen LogP contribution in [-0.4, -0.2) is 12.7 Å². The van der Waals surface area contributed by atoms with Crippen molar-refractivity contribution in [1.29, 1.82) is 0 Å². The van der Waals surface area contributed by atoms with Crippen molar-refractivity contribution < 1.29 is 13.6 Å². The van der Waals surface area contributed by atoms with E-state index in [2.05, 4.69) is 13.8 Å². The minimum absolute atomic E-state index is 0.231. The summed E-state index contributed by atoms with van der Waals surface area (Å²) < 4.78 is 23.5. The van der Waals surface area contributed by atoms with Crippen molar-refractivity contribution in [2.45, 2.75) is 59.0 Å². The van der Waals surface area contributed by atoms with Gasteiger partial charge in [-0.3, -0.25) is 9.09 Å². The molecule has 1 heterocycles. The first-order chi connectivity index (χ1) is 8.09. The van der Waals surface area contributed by atoms with Gasteiger partial charge in [-0.1, -0.05) is 38.3 Å². The van der Waals surface area contributed by atoms with Crippen molar-refractivity contribution in [2.75, 3.05) is 6.61 Å². The average Bonchev–Trinajstić information content (AvgIpc) is 2.50. The quantitative estimate of drug-likeness (QED) is 0.612. The maximum absolute atomic E-state index is 12.6. The summed E-state index contributed by atoms with van der Waals surface area (Å²) in [5, 5.41) is 1.33. The van der Waals surface area contributed by atoms with Gasteiger partial charge in [0.15, 0.2) is 0 Å². The molecule has 2 atom stereocenters. The van der Waals surface area contributed by atoms with Crippen molar-refractivity contribution in [1.82, 2.24) is 0 Å². The summed E-state index contributed by atoms with van der Waals surface area (Å²) in [7, 11) is -3.10. The number of rotatable bonds is 7. The van der Waals surface area contributed by atoms with Crippen LogP contribution in [0.1, 0.15) is 52.9 Å². The lowest BCUT2D eigenvalue weighted by Gasteiger charge is -2.15. The molecule has 0 amide bonds. The number of unbranched alkanes of at least 4 members (excludes halogenated alkanes) is 1. The van der Waals surface area contributed by atoms with E-state index < -0.39 is 7.60 Å². The van der Waals surface area contributed by atoms with Gasteiger partial charge in [0, 0.05) is 0 Å². The van der Waals surface area contributed by atoms with Gasteiger partial charge in [-0.25, -0.2) is 0 Å². The third-order valence-corrected chi connectivity index (χ3v) is 5.63. The number of hydrogen-bond acceptors (Lipinski definition) is 3. The fourth-order valence-corrected chi connectivity index (χ4v) is 4.60. The molecule has 17 heavy (non-hydrogen) atoms. The Kier molecular flexibility index (Phi) is 6.22. The van der Waals surface area contributed by atoms with Crippen LogP contribution in [-0.2, 0) is 13.6 Å². The van der Waals surface area contributed by atoms with E-state index in [1.807, 2.05) is 6.92 Å². The topological polar surface area (TPSA) is 35.5 Å². The Morgan fingerprint density at radius 1 is 1.35 bits per heavy atom. The first kappa shape index (κ1) is 15.2. The average molecular weight is 281 g/mol. The second-order valence-corrected chi connectivity index (χ2v) is 6.61. The Labute approximate surface area is 109 Å². The van der Waals surface area contributed by atoms with Crippen molar-refractivity contribution in [3.05, 3.63) is 10.3 Å². The molecule has 0 radical (unpaired) electrons. The molecule has 3 nitrogen and oxygen atoms in total. The summed E-state index contributed by atoms with van der Waals surface area (Å²) in [5.74, 6) is 0. The van der Waals surface area contributed by atoms with Crippen molar-refractivity contribution in [3.63, 3.8) is 0 Å². The largest absolute Gasteiger partial charge is 0.359 e. The molecule has 1 aliphatic rings. The van der Waals surface area contributed by atoms with Crippen LogP contribution in [0.2, 0.25) is 0 Å². The fraction of sp³-hybridized carbons (Fsp3) is 0.833. The van der Waals surface area contributed by atoms with Gasteiger partial charge in [-0.05, 0) is 26.2 Å². The van der Waals surface area contributed by atoms with Crippen LogP contribution in [0.5, 0.6) is 0 Å². The second-order valence-electron chi connectivity index (χ2n) is 4.20. The van der Waals surface area contributed by atoms with Gasteiger partial charge in [0.2, 0.25) is 0 Å². The van der Waals surface area contributed by atoms with Crippen molar-refractivity contribution >= 4 is 19.2 Å². The van der Waals surface area contributed by atoms with Crippen LogP contribution >= 0.6 is 19.2 Å². The minimum Gasteiger partial charge on any atom is -0.306 e. The number of allylic oxidation sites excluding steroid dienone is 1. The minimum atomic E-state index is -3.10. The van der Waals surface area contributed by atoms with Gasteiger partial charge in [-0.2, -0.15) is 0 Å². The number of halogens is 1. The zero-order valence-electron chi connectivity index (χ0n) is 10.9. The third kappa shape index (κ3) is 3.57. The first-order valence-corrected chi connectivity index (χ1v) is 8.33. The molecule has 0 spiro atoms. The van der Waals surface area contributed by atoms with E-state index >= 15 is 0 Å². The summed E-state index contributed by atoms with van der Waals surface area (Å²) >= 11 is 6.28. The molecule has 0 aliphatic carbocycles. The Balaban J connectivity index is 2.89. The molecule has 0 aromatic rings. The highest BCUT2D eigenvalue weighted by Crippen LogP contribution is 2.66. The summed E-state index contributed by atoms with van der Waals surface area (Å²) in [4.78, 5) is 0. The molecule has 5 heteroatoms. The van der Waals surface area contributed by atoms with Gasteiger partial charge in [-0.15, -0.1) is 0 Å². The Hall–Kier alpha value is 0.180. The lowest BCUT2D eigenvalue weighted by Crippen LogP contribution is -2.05. The fourth-order valence-electron chi connectivity index (χ4n) is 1.91. The Morgan fingerprint density at radius 2 is 2.06 bits per heavy atom. The molecule has 0 aromatic carbocycles. The van der Waals surface area contributed by atoms with E-state index in [1.54, 1.807) is 0 Å². The molecule has 0 N–H and O–H groups in total. The zero-order chi connectivity index (χ0) is 12.9. The van der Waals surface area contributed by atoms with Gasteiger partial charge in [0.25, 0.3) is 0 Å². The highest BCUT2D eigenvalue weighted by molar-refractivity contribution is 7.59. The van der Waals surface area contributed by atoms with Gasteiger partial charge >= 0.3 is 7.60 Å². The molecule has 0 unspecified atom stereocenters. The maximum Gasteiger partial charge on any atom is 0.359 e. The van der Waals surface area contributed by atoms with E-state index in [-0.39, 0.29) is 6.10 Å². The maximum atomic E-state index is 12.6. The Morgan fingerprint density at radius 3 is 2.59 bits per heavy atom. The van der Waals surface area contributed by atoms with Crippen LogP contribution in [0.4, 0.5) is 0 Å². The molecular weight excluding hydrogens is 259 g/mol. The van der Waals surface area contributed by atoms with E-state index in [0.29, 0.717) is 23.4 Å². The zero-order valence-corrected chi connectivity index (χ0v) is 12.5. The van der Waals surface area contributed by atoms with E-state index in [1.165, 1.54) is 0 Å². The lowest BCUT2D eigenvalue weighted by atomic mass is 10.1. The number of hydrogen-bond donors (Lipinski definition) is 0. The van der Waals surface area contributed by atoms with Gasteiger partial charge < -0.3 is 4.52 Å². The molecule has 0 aromatic heterocycles. The lowest BCUT2D eigenvalue weighted by molar-refractivity contribution is 0.186. The van der Waals surface area contributed by atoms with Gasteiger partial charge in [0.1, 0.15) is 6.10 Å². The monoisotopic (exact) mass is 280 g/mol. The molecule has 0 bridgehead atoms. The van der Waals surface area contributed by atoms with E-state index in [0.717, 1.165) is 25.7 Å². The molecular formula is C12H22ClO3P. The van der Waals surface area contributed by atoms with Crippen molar-refractivity contribution in [2.24, 2.45) is 0 Å². The molecule has 0 saturated carbocycles. The van der Waals surface area contributed by atoms with E-state index in [9.17, 15) is 4.57 Å². The molecule has 1 aliphatic heterocycles. The Bertz CT molecular complexity index is 328. The molecule has 0 saturated heterocycles. The summed E-state index contributed by atoms with van der Waals surface area (Å²) in [6.45, 7) is 6.36. The van der Waals surface area contributed by atoms with Crippen LogP contribution in [0.15, 0.2) is 10.3 Å². The molecule has 1 rings (SSSR count). The van der Waals surface area contributed by atoms with Crippen LogP contribution in [0.3, 0.4) is 0 Å². The molecule has 100 valence electrons.